The summed E-state index contributed by atoms with van der Waals surface area (Å²) in [5.74, 6) is 0.903. The molecule has 1 aromatic carbocycles. The second-order valence-electron chi connectivity index (χ2n) is 5.74. The molecular formula is C15H20FN3. The smallest absolute Gasteiger partial charge is 0.196 e. The first kappa shape index (κ1) is 12.5. The van der Waals surface area contributed by atoms with E-state index in [0.717, 1.165) is 18.7 Å². The normalized spacial score (nSPS) is 30.7. The zero-order chi connectivity index (χ0) is 13.5. The van der Waals surface area contributed by atoms with E-state index in [0.29, 0.717) is 11.9 Å². The number of halogens is 1. The van der Waals surface area contributed by atoms with Gasteiger partial charge in [0.15, 0.2) is 5.96 Å². The number of rotatable bonds is 1. The van der Waals surface area contributed by atoms with Crippen molar-refractivity contribution in [2.24, 2.45) is 16.6 Å². The van der Waals surface area contributed by atoms with E-state index in [1.54, 1.807) is 12.1 Å². The Morgan fingerprint density at radius 3 is 2.74 bits per heavy atom. The van der Waals surface area contributed by atoms with Crippen molar-refractivity contribution in [3.8, 4) is 0 Å². The molecule has 2 aliphatic rings. The van der Waals surface area contributed by atoms with Gasteiger partial charge in [0.2, 0.25) is 0 Å². The number of hydrogen-bond donors (Lipinski definition) is 1. The van der Waals surface area contributed by atoms with Crippen LogP contribution in [0.4, 0.5) is 10.1 Å². The average Bonchev–Trinajstić information content (AvgIpc) is 2.73. The first-order chi connectivity index (χ1) is 9.13. The predicted molar refractivity (Wildman–Crippen MR) is 75.7 cm³/mol. The first-order valence-corrected chi connectivity index (χ1v) is 6.99. The molecule has 1 aliphatic carbocycles. The summed E-state index contributed by atoms with van der Waals surface area (Å²) in [5, 5.41) is 0. The zero-order valence-corrected chi connectivity index (χ0v) is 11.3. The maximum Gasteiger partial charge on any atom is 0.196 e. The Labute approximate surface area is 113 Å². The summed E-state index contributed by atoms with van der Waals surface area (Å²) < 4.78 is 13.1. The average molecular weight is 261 g/mol. The van der Waals surface area contributed by atoms with Gasteiger partial charge in [-0.2, -0.15) is 0 Å². The highest BCUT2D eigenvalue weighted by atomic mass is 19.1. The summed E-state index contributed by atoms with van der Waals surface area (Å²) in [4.78, 5) is 6.61. The Balaban J connectivity index is 2.00. The Bertz CT molecular complexity index is 497. The third kappa shape index (κ3) is 1.90. The molecule has 0 bridgehead atoms. The minimum absolute atomic E-state index is 0.000162. The highest BCUT2D eigenvalue weighted by Crippen LogP contribution is 2.43. The maximum absolute atomic E-state index is 13.1. The quantitative estimate of drug-likeness (QED) is 0.844. The van der Waals surface area contributed by atoms with Gasteiger partial charge in [-0.15, -0.1) is 0 Å². The van der Waals surface area contributed by atoms with Crippen LogP contribution in [0.3, 0.4) is 0 Å². The van der Waals surface area contributed by atoms with E-state index in [-0.39, 0.29) is 11.4 Å². The van der Waals surface area contributed by atoms with Crippen molar-refractivity contribution in [2.75, 3.05) is 11.4 Å². The van der Waals surface area contributed by atoms with Crippen LogP contribution >= 0.6 is 0 Å². The Hall–Kier alpha value is -1.58. The lowest BCUT2D eigenvalue weighted by Gasteiger charge is -2.46. The SMILES string of the molecule is CC1CCCCC12CN=C(N)N2c1ccc(F)cc1. The third-order valence-corrected chi connectivity index (χ3v) is 4.69. The monoisotopic (exact) mass is 261 g/mol. The molecule has 0 saturated heterocycles. The van der Waals surface area contributed by atoms with Gasteiger partial charge in [0, 0.05) is 5.69 Å². The van der Waals surface area contributed by atoms with E-state index >= 15 is 0 Å². The lowest BCUT2D eigenvalue weighted by atomic mass is 9.73. The fourth-order valence-corrected chi connectivity index (χ4v) is 3.53. The summed E-state index contributed by atoms with van der Waals surface area (Å²) in [6.45, 7) is 3.04. The molecule has 3 nitrogen and oxygen atoms in total. The van der Waals surface area contributed by atoms with E-state index in [1.165, 1.54) is 31.4 Å². The second-order valence-corrected chi connectivity index (χ2v) is 5.74. The van der Waals surface area contributed by atoms with E-state index in [9.17, 15) is 4.39 Å². The molecular weight excluding hydrogens is 241 g/mol. The van der Waals surface area contributed by atoms with Crippen molar-refractivity contribution < 1.29 is 4.39 Å². The van der Waals surface area contributed by atoms with Gasteiger partial charge in [0.1, 0.15) is 5.82 Å². The molecule has 0 radical (unpaired) electrons. The molecule has 2 atom stereocenters. The minimum atomic E-state index is -0.218. The Morgan fingerprint density at radius 2 is 2.05 bits per heavy atom. The van der Waals surface area contributed by atoms with Crippen LogP contribution in [0.2, 0.25) is 0 Å². The van der Waals surface area contributed by atoms with Gasteiger partial charge >= 0.3 is 0 Å². The van der Waals surface area contributed by atoms with Gasteiger partial charge in [0.25, 0.3) is 0 Å². The van der Waals surface area contributed by atoms with Gasteiger partial charge in [-0.05, 0) is 43.0 Å². The van der Waals surface area contributed by atoms with Crippen molar-refractivity contribution in [3.63, 3.8) is 0 Å². The van der Waals surface area contributed by atoms with Crippen molar-refractivity contribution in [3.05, 3.63) is 30.1 Å². The summed E-state index contributed by atoms with van der Waals surface area (Å²) in [7, 11) is 0. The fraction of sp³-hybridized carbons (Fsp3) is 0.533. The van der Waals surface area contributed by atoms with Crippen molar-refractivity contribution in [1.82, 2.24) is 0 Å². The molecule has 4 heteroatoms. The van der Waals surface area contributed by atoms with Gasteiger partial charge in [-0.25, -0.2) is 4.39 Å². The Morgan fingerprint density at radius 1 is 1.32 bits per heavy atom. The van der Waals surface area contributed by atoms with Crippen LogP contribution in [-0.4, -0.2) is 18.0 Å². The molecule has 102 valence electrons. The van der Waals surface area contributed by atoms with Crippen LogP contribution in [0.15, 0.2) is 29.3 Å². The molecule has 2 N–H and O–H groups in total. The molecule has 1 fully saturated rings. The van der Waals surface area contributed by atoms with Crippen LogP contribution < -0.4 is 10.6 Å². The summed E-state index contributed by atoms with van der Waals surface area (Å²) in [6.07, 6.45) is 4.81. The lowest BCUT2D eigenvalue weighted by molar-refractivity contribution is 0.224. The fourth-order valence-electron chi connectivity index (χ4n) is 3.53. The molecule has 1 spiro atoms. The molecule has 2 unspecified atom stereocenters. The summed E-state index contributed by atoms with van der Waals surface area (Å²) in [5.41, 5.74) is 7.05. The van der Waals surface area contributed by atoms with Crippen molar-refractivity contribution in [1.29, 1.82) is 0 Å². The predicted octanol–water partition coefficient (Wildman–Crippen LogP) is 2.91. The van der Waals surface area contributed by atoms with E-state index in [1.807, 2.05) is 0 Å². The maximum atomic E-state index is 13.1. The molecule has 0 aromatic heterocycles. The molecule has 3 rings (SSSR count). The summed E-state index contributed by atoms with van der Waals surface area (Å²) >= 11 is 0. The first-order valence-electron chi connectivity index (χ1n) is 6.99. The van der Waals surface area contributed by atoms with Crippen LogP contribution in [0.25, 0.3) is 0 Å². The minimum Gasteiger partial charge on any atom is -0.369 e. The number of guanidine groups is 1. The topological polar surface area (TPSA) is 41.6 Å². The lowest BCUT2D eigenvalue weighted by Crippen LogP contribution is -2.57. The zero-order valence-electron chi connectivity index (χ0n) is 11.3. The van der Waals surface area contributed by atoms with Crippen LogP contribution in [0.1, 0.15) is 32.6 Å². The van der Waals surface area contributed by atoms with Gasteiger partial charge < -0.3 is 10.6 Å². The molecule has 0 amide bonds. The van der Waals surface area contributed by atoms with E-state index < -0.39 is 0 Å². The van der Waals surface area contributed by atoms with Crippen molar-refractivity contribution in [2.45, 2.75) is 38.1 Å². The molecule has 1 heterocycles. The number of anilines is 1. The number of nitrogens with two attached hydrogens (primary N) is 1. The van der Waals surface area contributed by atoms with Crippen LogP contribution in [0, 0.1) is 11.7 Å². The molecule has 1 saturated carbocycles. The highest BCUT2D eigenvalue weighted by molar-refractivity contribution is 5.98. The van der Waals surface area contributed by atoms with Gasteiger partial charge in [-0.1, -0.05) is 19.8 Å². The molecule has 1 aliphatic heterocycles. The van der Waals surface area contributed by atoms with E-state index in [4.69, 9.17) is 5.73 Å². The Kier molecular flexibility index (Phi) is 2.96. The van der Waals surface area contributed by atoms with Crippen LogP contribution in [-0.2, 0) is 0 Å². The highest BCUT2D eigenvalue weighted by Gasteiger charge is 2.48. The largest absolute Gasteiger partial charge is 0.369 e. The number of benzene rings is 1. The summed E-state index contributed by atoms with van der Waals surface area (Å²) in [6, 6.07) is 6.57. The molecule has 19 heavy (non-hydrogen) atoms. The third-order valence-electron chi connectivity index (χ3n) is 4.69. The van der Waals surface area contributed by atoms with Gasteiger partial charge in [-0.3, -0.25) is 4.99 Å². The van der Waals surface area contributed by atoms with Crippen molar-refractivity contribution >= 4 is 11.6 Å². The number of nitrogens with zero attached hydrogens (tertiary/aromatic N) is 2. The number of hydrogen-bond acceptors (Lipinski definition) is 3. The molecule has 1 aromatic rings. The standard InChI is InChI=1S/C15H20FN3/c1-11-4-2-3-9-15(11)10-18-14(17)19(15)13-7-5-12(16)6-8-13/h5-8,11H,2-4,9-10H2,1H3,(H2,17,18). The van der Waals surface area contributed by atoms with E-state index in [2.05, 4.69) is 16.8 Å². The van der Waals surface area contributed by atoms with Gasteiger partial charge in [0.05, 0.1) is 12.1 Å². The van der Waals surface area contributed by atoms with Crippen LogP contribution in [0.5, 0.6) is 0 Å². The number of aliphatic imine (C=N–C) groups is 1. The second kappa shape index (κ2) is 4.51.